The highest BCUT2D eigenvalue weighted by Gasteiger charge is 2.16. The van der Waals surface area contributed by atoms with Crippen LogP contribution >= 0.6 is 15.9 Å². The van der Waals surface area contributed by atoms with Gasteiger partial charge in [0.05, 0.1) is 5.52 Å². The fourth-order valence-corrected chi connectivity index (χ4v) is 3.33. The number of nitrogens with one attached hydrogen (secondary N) is 2. The molecule has 1 aromatic heterocycles. The van der Waals surface area contributed by atoms with Crippen LogP contribution in [0, 0.1) is 13.8 Å². The highest BCUT2D eigenvalue weighted by Crippen LogP contribution is 2.27. The Bertz CT molecular complexity index is 1140. The van der Waals surface area contributed by atoms with Gasteiger partial charge in [0.25, 0.3) is 5.91 Å². The molecule has 0 unspecified atom stereocenters. The molecule has 0 saturated carbocycles. The number of aromatic amines is 1. The SMILES string of the molecule is Cc1ccc(Br)c(C)c1C(=O)Nc1ccc2[nH]nc(C(=C/N)/C=N/C(F)F)c2c1. The third-order valence-electron chi connectivity index (χ3n) is 4.43. The molecule has 1 amide bonds. The molecule has 0 spiro atoms. The largest absolute Gasteiger partial charge is 0.404 e. The number of alkyl halides is 2. The van der Waals surface area contributed by atoms with Gasteiger partial charge in [0.15, 0.2) is 0 Å². The number of hydrogen-bond donors (Lipinski definition) is 3. The first-order chi connectivity index (χ1) is 13.8. The number of aliphatic imine (C=N–C) groups is 1. The third kappa shape index (κ3) is 4.34. The van der Waals surface area contributed by atoms with Gasteiger partial charge in [-0.25, -0.2) is 4.99 Å². The molecule has 150 valence electrons. The number of nitrogens with two attached hydrogens (primary N) is 1. The first kappa shape index (κ1) is 20.7. The number of fused-ring (bicyclic) bond motifs is 1. The van der Waals surface area contributed by atoms with Crippen molar-refractivity contribution in [3.05, 3.63) is 63.4 Å². The van der Waals surface area contributed by atoms with Gasteiger partial charge in [-0.05, 0) is 49.2 Å². The molecule has 1 heterocycles. The van der Waals surface area contributed by atoms with E-state index in [1.54, 1.807) is 18.2 Å². The lowest BCUT2D eigenvalue weighted by molar-refractivity contribution is 0.102. The summed E-state index contributed by atoms with van der Waals surface area (Å²) in [6, 6.07) is 8.93. The molecule has 3 rings (SSSR count). The van der Waals surface area contributed by atoms with E-state index in [1.807, 2.05) is 26.0 Å². The van der Waals surface area contributed by atoms with Gasteiger partial charge in [-0.1, -0.05) is 22.0 Å². The van der Waals surface area contributed by atoms with E-state index in [0.717, 1.165) is 28.0 Å². The van der Waals surface area contributed by atoms with Crippen molar-refractivity contribution in [2.24, 2.45) is 10.7 Å². The second kappa shape index (κ2) is 8.52. The summed E-state index contributed by atoms with van der Waals surface area (Å²) in [5, 5.41) is 10.4. The fraction of sp³-hybridized carbons (Fsp3) is 0.150. The Morgan fingerprint density at radius 2 is 2.07 bits per heavy atom. The molecular weight excluding hydrogens is 444 g/mol. The highest BCUT2D eigenvalue weighted by atomic mass is 79.9. The maximum Gasteiger partial charge on any atom is 0.331 e. The first-order valence-electron chi connectivity index (χ1n) is 8.60. The molecule has 0 fully saturated rings. The van der Waals surface area contributed by atoms with Crippen LogP contribution in [0.1, 0.15) is 27.2 Å². The zero-order chi connectivity index (χ0) is 21.1. The van der Waals surface area contributed by atoms with E-state index in [-0.39, 0.29) is 11.5 Å². The lowest BCUT2D eigenvalue weighted by Gasteiger charge is -2.12. The Morgan fingerprint density at radius 1 is 1.31 bits per heavy atom. The van der Waals surface area contributed by atoms with Crippen molar-refractivity contribution in [3.63, 3.8) is 0 Å². The van der Waals surface area contributed by atoms with Gasteiger partial charge in [-0.2, -0.15) is 13.9 Å². The maximum absolute atomic E-state index is 12.8. The van der Waals surface area contributed by atoms with Gasteiger partial charge >= 0.3 is 6.55 Å². The van der Waals surface area contributed by atoms with Crippen molar-refractivity contribution in [3.8, 4) is 0 Å². The van der Waals surface area contributed by atoms with E-state index in [0.29, 0.717) is 27.8 Å². The summed E-state index contributed by atoms with van der Waals surface area (Å²) in [4.78, 5) is 15.9. The van der Waals surface area contributed by atoms with Crippen LogP contribution in [0.15, 0.2) is 46.0 Å². The topological polar surface area (TPSA) is 96.2 Å². The number of carbonyl (C=O) groups is 1. The van der Waals surface area contributed by atoms with E-state index >= 15 is 0 Å². The van der Waals surface area contributed by atoms with E-state index in [9.17, 15) is 13.6 Å². The third-order valence-corrected chi connectivity index (χ3v) is 5.29. The quantitative estimate of drug-likeness (QED) is 0.376. The molecule has 0 aliphatic rings. The molecule has 0 aliphatic heterocycles. The lowest BCUT2D eigenvalue weighted by atomic mass is 10.0. The average Bonchev–Trinajstić information content (AvgIpc) is 3.09. The molecule has 2 aromatic carbocycles. The van der Waals surface area contributed by atoms with E-state index in [4.69, 9.17) is 5.73 Å². The van der Waals surface area contributed by atoms with Crippen LogP contribution in [0.25, 0.3) is 16.5 Å². The Kier molecular flexibility index (Phi) is 6.07. The summed E-state index contributed by atoms with van der Waals surface area (Å²) < 4.78 is 25.7. The summed E-state index contributed by atoms with van der Waals surface area (Å²) in [5.41, 5.74) is 9.62. The van der Waals surface area contributed by atoms with E-state index in [1.165, 1.54) is 0 Å². The monoisotopic (exact) mass is 461 g/mol. The van der Waals surface area contributed by atoms with Crippen LogP contribution in [0.2, 0.25) is 0 Å². The number of hydrogen-bond acceptors (Lipinski definition) is 4. The van der Waals surface area contributed by atoms with Crippen molar-refractivity contribution in [1.82, 2.24) is 10.2 Å². The first-order valence-corrected chi connectivity index (χ1v) is 9.40. The van der Waals surface area contributed by atoms with Gasteiger partial charge in [-0.3, -0.25) is 9.89 Å². The number of halogens is 3. The molecule has 0 bridgehead atoms. The Hall–Kier alpha value is -3.07. The Balaban J connectivity index is 1.96. The fourth-order valence-electron chi connectivity index (χ4n) is 3.00. The minimum Gasteiger partial charge on any atom is -0.404 e. The minimum absolute atomic E-state index is 0.235. The normalized spacial score (nSPS) is 12.3. The number of anilines is 1. The van der Waals surface area contributed by atoms with Crippen LogP contribution in [0.5, 0.6) is 0 Å². The molecule has 4 N–H and O–H groups in total. The molecular formula is C20H18BrF2N5O. The summed E-state index contributed by atoms with van der Waals surface area (Å²) in [6.45, 7) is 0.887. The number of carbonyl (C=O) groups excluding carboxylic acids is 1. The number of benzene rings is 2. The van der Waals surface area contributed by atoms with Crippen molar-refractivity contribution in [2.45, 2.75) is 20.4 Å². The number of nitrogens with zero attached hydrogens (tertiary/aromatic N) is 2. The van der Waals surface area contributed by atoms with Crippen LogP contribution in [0.4, 0.5) is 14.5 Å². The smallest absolute Gasteiger partial charge is 0.331 e. The van der Waals surface area contributed by atoms with Crippen LogP contribution in [-0.4, -0.2) is 28.9 Å². The molecule has 6 nitrogen and oxygen atoms in total. The van der Waals surface area contributed by atoms with Crippen LogP contribution in [-0.2, 0) is 0 Å². The molecule has 3 aromatic rings. The zero-order valence-electron chi connectivity index (χ0n) is 15.6. The number of H-pyrrole nitrogens is 1. The van der Waals surface area contributed by atoms with Gasteiger partial charge < -0.3 is 11.1 Å². The Labute approximate surface area is 174 Å². The summed E-state index contributed by atoms with van der Waals surface area (Å²) >= 11 is 3.44. The van der Waals surface area contributed by atoms with Gasteiger partial charge in [0, 0.05) is 39.1 Å². The maximum atomic E-state index is 12.8. The van der Waals surface area contributed by atoms with Gasteiger partial charge in [-0.15, -0.1) is 0 Å². The molecule has 0 atom stereocenters. The molecule has 0 saturated heterocycles. The summed E-state index contributed by atoms with van der Waals surface area (Å²) in [6.07, 6.45) is 2.13. The number of allylic oxidation sites excluding steroid dienone is 1. The van der Waals surface area contributed by atoms with Crippen molar-refractivity contribution in [1.29, 1.82) is 0 Å². The molecule has 9 heteroatoms. The second-order valence-electron chi connectivity index (χ2n) is 6.33. The predicted molar refractivity (Wildman–Crippen MR) is 114 cm³/mol. The molecule has 0 aliphatic carbocycles. The minimum atomic E-state index is -2.85. The van der Waals surface area contributed by atoms with Gasteiger partial charge in [0.1, 0.15) is 5.69 Å². The van der Waals surface area contributed by atoms with Crippen molar-refractivity contribution in [2.75, 3.05) is 5.32 Å². The zero-order valence-corrected chi connectivity index (χ0v) is 17.2. The summed E-state index contributed by atoms with van der Waals surface area (Å²) in [5.74, 6) is -0.250. The van der Waals surface area contributed by atoms with Crippen LogP contribution < -0.4 is 11.1 Å². The molecule has 0 radical (unpaired) electrons. The van der Waals surface area contributed by atoms with E-state index < -0.39 is 6.55 Å². The van der Waals surface area contributed by atoms with E-state index in [2.05, 4.69) is 36.4 Å². The average molecular weight is 462 g/mol. The number of aryl methyl sites for hydroxylation is 1. The Morgan fingerprint density at radius 3 is 2.76 bits per heavy atom. The van der Waals surface area contributed by atoms with Crippen molar-refractivity contribution >= 4 is 50.2 Å². The van der Waals surface area contributed by atoms with Crippen molar-refractivity contribution < 1.29 is 13.6 Å². The molecule has 29 heavy (non-hydrogen) atoms. The number of rotatable bonds is 5. The second-order valence-corrected chi connectivity index (χ2v) is 7.18. The predicted octanol–water partition coefficient (Wildman–Crippen LogP) is 4.79. The van der Waals surface area contributed by atoms with Gasteiger partial charge in [0.2, 0.25) is 0 Å². The lowest BCUT2D eigenvalue weighted by Crippen LogP contribution is -2.15. The highest BCUT2D eigenvalue weighted by molar-refractivity contribution is 9.10. The summed E-state index contributed by atoms with van der Waals surface area (Å²) in [7, 11) is 0. The number of amides is 1. The standard InChI is InChI=1S/C20H18BrF2N5O/c1-10-3-5-15(21)11(2)17(10)19(29)26-13-4-6-16-14(7-13)18(28-27-16)12(8-24)9-25-20(22)23/h3-9,20H,24H2,1-2H3,(H,26,29)(H,27,28)/b12-8+,25-9+. The van der Waals surface area contributed by atoms with Crippen LogP contribution in [0.3, 0.4) is 0 Å². The number of aromatic nitrogens is 2.